The Morgan fingerprint density at radius 2 is 1.15 bits per heavy atom. The molecule has 24 nitrogen and oxygen atoms in total. The average molecular weight is 1020 g/mol. The molecule has 0 saturated carbocycles. The average Bonchev–Trinajstić information content (AvgIpc) is 4.01. The van der Waals surface area contributed by atoms with Crippen LogP contribution in [0, 0.1) is 17.8 Å². The highest BCUT2D eigenvalue weighted by atomic mass is 16.4. The molecule has 3 rings (SSSR count). The Labute approximate surface area is 418 Å². The van der Waals surface area contributed by atoms with Crippen LogP contribution in [0.3, 0.4) is 0 Å². The number of carboxylic acids is 2. The molecule has 402 valence electrons. The number of carboxylic acid groups (broad SMARTS) is 2. The lowest BCUT2D eigenvalue weighted by molar-refractivity contribution is -0.148. The van der Waals surface area contributed by atoms with E-state index in [1.807, 2.05) is 13.8 Å². The maximum Gasteiger partial charge on any atom is 0.326 e. The van der Waals surface area contributed by atoms with Crippen molar-refractivity contribution in [3.63, 3.8) is 0 Å². The summed E-state index contributed by atoms with van der Waals surface area (Å²) in [4.78, 5) is 137. The zero-order valence-electron chi connectivity index (χ0n) is 42.1. The van der Waals surface area contributed by atoms with E-state index in [4.69, 9.17) is 5.73 Å². The Hall–Kier alpha value is -6.40. The molecule has 0 spiro atoms. The van der Waals surface area contributed by atoms with Gasteiger partial charge in [-0.1, -0.05) is 53.7 Å². The molecule has 0 aromatic heterocycles. The van der Waals surface area contributed by atoms with Gasteiger partial charge in [0.25, 0.3) is 0 Å². The summed E-state index contributed by atoms with van der Waals surface area (Å²) in [7, 11) is 0. The number of phenols is 1. The summed E-state index contributed by atoms with van der Waals surface area (Å²) in [5, 5.41) is 63.8. The number of aliphatic carboxylic acids is 2. The number of aliphatic hydroxyl groups is 2. The maximum absolute atomic E-state index is 14.4. The number of carbonyl (C=O) groups excluding carboxylic acids is 8. The minimum atomic E-state index is -1.54. The van der Waals surface area contributed by atoms with Gasteiger partial charge in [-0.25, -0.2) is 4.79 Å². The quantitative estimate of drug-likeness (QED) is 0.0464. The van der Waals surface area contributed by atoms with Gasteiger partial charge >= 0.3 is 11.9 Å². The van der Waals surface area contributed by atoms with Gasteiger partial charge in [0.05, 0.1) is 12.7 Å². The Kier molecular flexibility index (Phi) is 23.3. The summed E-state index contributed by atoms with van der Waals surface area (Å²) in [5.74, 6) is -9.99. The van der Waals surface area contributed by atoms with Crippen LogP contribution in [0.1, 0.15) is 105 Å². The molecule has 0 radical (unpaired) electrons. The summed E-state index contributed by atoms with van der Waals surface area (Å²) in [6, 6.07) is -6.13. The van der Waals surface area contributed by atoms with Gasteiger partial charge < -0.3 is 73.0 Å². The highest BCUT2D eigenvalue weighted by Gasteiger charge is 2.45. The third-order valence-corrected chi connectivity index (χ3v) is 12.4. The van der Waals surface area contributed by atoms with Crippen molar-refractivity contribution in [1.29, 1.82) is 0 Å². The molecule has 72 heavy (non-hydrogen) atoms. The van der Waals surface area contributed by atoms with Crippen molar-refractivity contribution < 1.29 is 73.5 Å². The lowest BCUT2D eigenvalue weighted by Gasteiger charge is -2.34. The number of nitrogens with zero attached hydrogens (tertiary/aromatic N) is 2. The van der Waals surface area contributed by atoms with Crippen LogP contribution in [0.15, 0.2) is 24.3 Å². The fourth-order valence-corrected chi connectivity index (χ4v) is 8.58. The van der Waals surface area contributed by atoms with Gasteiger partial charge in [-0.15, -0.1) is 0 Å². The Morgan fingerprint density at radius 1 is 0.639 bits per heavy atom. The van der Waals surface area contributed by atoms with Crippen molar-refractivity contribution in [3.8, 4) is 5.75 Å². The van der Waals surface area contributed by atoms with Crippen molar-refractivity contribution >= 4 is 59.2 Å². The number of nitrogens with two attached hydrogens (primary N) is 1. The predicted molar refractivity (Wildman–Crippen MR) is 258 cm³/mol. The van der Waals surface area contributed by atoms with Crippen LogP contribution < -0.4 is 37.6 Å². The molecule has 10 atom stereocenters. The largest absolute Gasteiger partial charge is 0.508 e. The van der Waals surface area contributed by atoms with Crippen LogP contribution in [0.5, 0.6) is 5.75 Å². The zero-order chi connectivity index (χ0) is 54.1. The van der Waals surface area contributed by atoms with Crippen LogP contribution in [-0.2, 0) is 54.4 Å². The first-order valence-electron chi connectivity index (χ1n) is 24.5. The Balaban J connectivity index is 1.79. The lowest BCUT2D eigenvalue weighted by atomic mass is 9.99. The summed E-state index contributed by atoms with van der Waals surface area (Å²) >= 11 is 0. The third-order valence-electron chi connectivity index (χ3n) is 12.4. The predicted octanol–water partition coefficient (Wildman–Crippen LogP) is -1.78. The van der Waals surface area contributed by atoms with Gasteiger partial charge in [0, 0.05) is 25.9 Å². The van der Waals surface area contributed by atoms with E-state index in [1.54, 1.807) is 27.7 Å². The second kappa shape index (κ2) is 28.0. The normalized spacial score (nSPS) is 19.0. The van der Waals surface area contributed by atoms with Crippen LogP contribution >= 0.6 is 0 Å². The molecule has 13 N–H and O–H groups in total. The SMILES string of the molecule is CC(C)C[C@H](NC(=O)[C@@H]1CCCN1C(=O)[C@@H]1CCCN1C(=O)[C@H](CC(C)C)NC(=O)[C@@H](NC(=O)[C@@H](N)CO)[C@@H](C)O)C(=O)N[C@@H](CCC(=O)O)C(=O)N[C@H](C(=O)N[C@@H](Cc1ccc(O)cc1)C(=O)O)C(C)C. The number of rotatable bonds is 27. The number of phenolic OH excluding ortho intramolecular Hbond substituents is 1. The van der Waals surface area contributed by atoms with E-state index in [9.17, 15) is 73.5 Å². The monoisotopic (exact) mass is 1020 g/mol. The second-order valence-corrected chi connectivity index (χ2v) is 19.8. The van der Waals surface area contributed by atoms with E-state index in [2.05, 4.69) is 31.9 Å². The van der Waals surface area contributed by atoms with Crippen molar-refractivity contribution in [3.05, 3.63) is 29.8 Å². The van der Waals surface area contributed by atoms with E-state index >= 15 is 0 Å². The summed E-state index contributed by atoms with van der Waals surface area (Å²) in [6.45, 7) is 11.2. The van der Waals surface area contributed by atoms with Crippen LogP contribution in [0.2, 0.25) is 0 Å². The number of carbonyl (C=O) groups is 10. The molecule has 1 aromatic rings. The molecule has 1 aromatic carbocycles. The first-order valence-corrected chi connectivity index (χ1v) is 24.5. The minimum absolute atomic E-state index is 0.0435. The highest BCUT2D eigenvalue weighted by Crippen LogP contribution is 2.27. The molecule has 8 amide bonds. The van der Waals surface area contributed by atoms with Crippen molar-refractivity contribution in [2.24, 2.45) is 23.5 Å². The lowest BCUT2D eigenvalue weighted by Crippen LogP contribution is -2.61. The van der Waals surface area contributed by atoms with E-state index < -0.39 is 145 Å². The van der Waals surface area contributed by atoms with Crippen LogP contribution in [0.4, 0.5) is 0 Å². The van der Waals surface area contributed by atoms with Crippen LogP contribution in [0.25, 0.3) is 0 Å². The Bertz CT molecular complexity index is 2090. The number of nitrogens with one attached hydrogen (secondary N) is 6. The number of benzene rings is 1. The number of amides is 8. The van der Waals surface area contributed by atoms with Gasteiger partial charge in [-0.2, -0.15) is 0 Å². The van der Waals surface area contributed by atoms with Gasteiger partial charge in [0.15, 0.2) is 0 Å². The molecule has 2 heterocycles. The molecule has 2 saturated heterocycles. The molecule has 0 bridgehead atoms. The van der Waals surface area contributed by atoms with E-state index in [0.717, 1.165) is 0 Å². The molecular formula is C48H75N9O15. The number of likely N-dealkylation sites (tertiary alicyclic amines) is 2. The van der Waals surface area contributed by atoms with Crippen molar-refractivity contribution in [2.45, 2.75) is 167 Å². The molecule has 2 aliphatic rings. The summed E-state index contributed by atoms with van der Waals surface area (Å²) in [6.07, 6.45) is -1.18. The summed E-state index contributed by atoms with van der Waals surface area (Å²) in [5.41, 5.74) is 6.07. The molecule has 0 aliphatic carbocycles. The number of hydrogen-bond donors (Lipinski definition) is 12. The van der Waals surface area contributed by atoms with Gasteiger partial charge in [-0.05, 0) is 87.3 Å². The molecule has 2 fully saturated rings. The fourth-order valence-electron chi connectivity index (χ4n) is 8.58. The van der Waals surface area contributed by atoms with E-state index in [1.165, 1.54) is 41.0 Å². The molecule has 2 aliphatic heterocycles. The topological polar surface area (TPSA) is 377 Å². The fraction of sp³-hybridized carbons (Fsp3) is 0.667. The first-order chi connectivity index (χ1) is 33.7. The van der Waals surface area contributed by atoms with Gasteiger partial charge in [0.1, 0.15) is 60.1 Å². The van der Waals surface area contributed by atoms with Crippen LogP contribution in [-0.4, -0.2) is 175 Å². The molecule has 0 unspecified atom stereocenters. The number of aromatic hydroxyl groups is 1. The molecule has 24 heteroatoms. The Morgan fingerprint density at radius 3 is 1.69 bits per heavy atom. The smallest absolute Gasteiger partial charge is 0.326 e. The standard InChI is InChI=1S/C48H75N9O15/c1-24(2)20-32(42(65)50-31(16-17-37(61)62)41(64)54-38(26(5)6)44(67)53-34(48(71)72)22-28-12-14-29(60)15-13-28)51-43(66)35-10-8-18-56(35)47(70)36-11-9-19-57(36)46(69)33(21-25(3)4)52-45(68)39(27(7)59)55-40(63)30(49)23-58/h12-15,24-27,30-36,38-39,58-60H,8-11,16-23,49H2,1-7H3,(H,50,65)(H,51,66)(H,52,68)(H,53,67)(H,54,64)(H,55,63)(H,61,62)(H,71,72)/t27-,30+,31+,32+,33+,34+,35+,36+,38+,39+/m1/s1. The number of hydrogen-bond acceptors (Lipinski definition) is 14. The van der Waals surface area contributed by atoms with Crippen molar-refractivity contribution in [1.82, 2.24) is 41.7 Å². The second-order valence-electron chi connectivity index (χ2n) is 19.8. The minimum Gasteiger partial charge on any atom is -0.508 e. The third kappa shape index (κ3) is 17.7. The van der Waals surface area contributed by atoms with E-state index in [0.29, 0.717) is 18.4 Å². The summed E-state index contributed by atoms with van der Waals surface area (Å²) < 4.78 is 0. The maximum atomic E-state index is 14.4. The van der Waals surface area contributed by atoms with Gasteiger partial charge in [0.2, 0.25) is 47.3 Å². The van der Waals surface area contributed by atoms with Gasteiger partial charge in [-0.3, -0.25) is 43.2 Å². The van der Waals surface area contributed by atoms with Crippen molar-refractivity contribution in [2.75, 3.05) is 19.7 Å². The molecular weight excluding hydrogens is 943 g/mol. The van der Waals surface area contributed by atoms with E-state index in [-0.39, 0.29) is 62.8 Å². The first kappa shape index (κ1) is 59.9. The highest BCUT2D eigenvalue weighted by molar-refractivity contribution is 5.98. The number of aliphatic hydroxyl groups excluding tert-OH is 2. The zero-order valence-corrected chi connectivity index (χ0v) is 42.1.